The van der Waals surface area contributed by atoms with Crippen molar-refractivity contribution in [2.75, 3.05) is 7.05 Å². The van der Waals surface area contributed by atoms with Crippen LogP contribution in [0.3, 0.4) is 0 Å². The van der Waals surface area contributed by atoms with E-state index in [9.17, 15) is 5.11 Å². The van der Waals surface area contributed by atoms with Crippen LogP contribution in [-0.2, 0) is 0 Å². The smallest absolute Gasteiger partial charge is 0.0555 e. The average Bonchev–Trinajstić information content (AvgIpc) is 2.85. The zero-order valence-corrected chi connectivity index (χ0v) is 14.3. The van der Waals surface area contributed by atoms with Crippen molar-refractivity contribution < 1.29 is 5.11 Å². The van der Waals surface area contributed by atoms with Gasteiger partial charge in [0.15, 0.2) is 0 Å². The molecule has 2 nitrogen and oxygen atoms in total. The Labute approximate surface area is 125 Å². The minimum atomic E-state index is -0.0867. The zero-order chi connectivity index (χ0) is 15.0. The summed E-state index contributed by atoms with van der Waals surface area (Å²) in [6.07, 6.45) is 9.70. The van der Waals surface area contributed by atoms with Crippen molar-refractivity contribution in [3.05, 3.63) is 0 Å². The zero-order valence-electron chi connectivity index (χ0n) is 14.3. The van der Waals surface area contributed by atoms with Crippen molar-refractivity contribution in [2.45, 2.75) is 96.7 Å². The van der Waals surface area contributed by atoms with Crippen LogP contribution in [0.2, 0.25) is 0 Å². The molecule has 2 heteroatoms. The van der Waals surface area contributed by atoms with E-state index in [0.717, 1.165) is 18.8 Å². The van der Waals surface area contributed by atoms with Crippen LogP contribution in [0, 0.1) is 11.3 Å². The lowest BCUT2D eigenvalue weighted by Crippen LogP contribution is -2.55. The molecule has 0 aliphatic heterocycles. The first-order valence-corrected chi connectivity index (χ1v) is 8.71. The van der Waals surface area contributed by atoms with Crippen molar-refractivity contribution in [3.63, 3.8) is 0 Å². The number of nitrogens with zero attached hydrogens (tertiary/aromatic N) is 1. The molecule has 0 radical (unpaired) electrons. The van der Waals surface area contributed by atoms with Gasteiger partial charge < -0.3 is 5.11 Å². The van der Waals surface area contributed by atoms with E-state index < -0.39 is 0 Å². The van der Waals surface area contributed by atoms with Crippen LogP contribution in [-0.4, -0.2) is 34.7 Å². The lowest BCUT2D eigenvalue weighted by Gasteiger charge is -2.51. The predicted molar refractivity (Wildman–Crippen MR) is 85.8 cm³/mol. The van der Waals surface area contributed by atoms with E-state index in [0.29, 0.717) is 17.0 Å². The summed E-state index contributed by atoms with van der Waals surface area (Å²) in [7, 11) is 2.33. The molecule has 0 aromatic heterocycles. The highest BCUT2D eigenvalue weighted by molar-refractivity contribution is 4.99. The molecular weight excluding hydrogens is 246 g/mol. The quantitative estimate of drug-likeness (QED) is 0.834. The maximum Gasteiger partial charge on any atom is 0.0555 e. The summed E-state index contributed by atoms with van der Waals surface area (Å²) < 4.78 is 0. The van der Waals surface area contributed by atoms with Crippen molar-refractivity contribution >= 4 is 0 Å². The number of aliphatic hydroxyl groups is 1. The van der Waals surface area contributed by atoms with Crippen LogP contribution in [0.25, 0.3) is 0 Å². The SMILES string of the molecule is CCC(C)(C)C1CCC(O)CC1N(C)C1(C)CCCC1. The molecular formula is C18H35NO. The highest BCUT2D eigenvalue weighted by atomic mass is 16.3. The van der Waals surface area contributed by atoms with Crippen LogP contribution in [0.15, 0.2) is 0 Å². The van der Waals surface area contributed by atoms with Crippen molar-refractivity contribution in [2.24, 2.45) is 11.3 Å². The monoisotopic (exact) mass is 281 g/mol. The molecule has 2 rings (SSSR count). The normalized spacial score (nSPS) is 34.6. The first kappa shape index (κ1) is 16.3. The molecule has 0 amide bonds. The largest absolute Gasteiger partial charge is 0.393 e. The van der Waals surface area contributed by atoms with Gasteiger partial charge in [-0.1, -0.05) is 40.0 Å². The van der Waals surface area contributed by atoms with E-state index in [1.54, 1.807) is 0 Å². The molecule has 0 spiro atoms. The second-order valence-corrected chi connectivity index (χ2v) is 8.30. The fourth-order valence-corrected chi connectivity index (χ4v) is 4.62. The third-order valence-corrected chi connectivity index (χ3v) is 6.73. The third kappa shape index (κ3) is 3.06. The number of aliphatic hydroxyl groups excluding tert-OH is 1. The fraction of sp³-hybridized carbons (Fsp3) is 1.00. The Balaban J connectivity index is 2.19. The lowest BCUT2D eigenvalue weighted by molar-refractivity contribution is -0.0449. The third-order valence-electron chi connectivity index (χ3n) is 6.73. The summed E-state index contributed by atoms with van der Waals surface area (Å²) in [4.78, 5) is 2.66. The minimum Gasteiger partial charge on any atom is -0.393 e. The highest BCUT2D eigenvalue weighted by Gasteiger charge is 2.45. The van der Waals surface area contributed by atoms with Gasteiger partial charge in [-0.2, -0.15) is 0 Å². The Morgan fingerprint density at radius 3 is 2.35 bits per heavy atom. The predicted octanol–water partition coefficient (Wildman–Crippen LogP) is 4.22. The molecule has 2 aliphatic carbocycles. The number of hydrogen-bond acceptors (Lipinski definition) is 2. The number of hydrogen-bond donors (Lipinski definition) is 1. The van der Waals surface area contributed by atoms with E-state index >= 15 is 0 Å². The molecule has 3 atom stereocenters. The maximum atomic E-state index is 10.2. The van der Waals surface area contributed by atoms with Crippen LogP contribution >= 0.6 is 0 Å². The maximum absolute atomic E-state index is 10.2. The van der Waals surface area contributed by atoms with Crippen molar-refractivity contribution in [1.29, 1.82) is 0 Å². The fourth-order valence-electron chi connectivity index (χ4n) is 4.62. The summed E-state index contributed by atoms with van der Waals surface area (Å²) in [5, 5.41) is 10.2. The van der Waals surface area contributed by atoms with Gasteiger partial charge in [-0.15, -0.1) is 0 Å². The van der Waals surface area contributed by atoms with Gasteiger partial charge in [0.2, 0.25) is 0 Å². The van der Waals surface area contributed by atoms with E-state index in [1.165, 1.54) is 38.5 Å². The van der Waals surface area contributed by atoms with E-state index in [2.05, 4.69) is 39.6 Å². The summed E-state index contributed by atoms with van der Waals surface area (Å²) in [5.74, 6) is 0.721. The summed E-state index contributed by atoms with van der Waals surface area (Å²) in [6.45, 7) is 9.61. The lowest BCUT2D eigenvalue weighted by atomic mass is 9.65. The van der Waals surface area contributed by atoms with Crippen LogP contribution < -0.4 is 0 Å². The molecule has 0 heterocycles. The summed E-state index contributed by atoms with van der Waals surface area (Å²) in [5.41, 5.74) is 0.748. The van der Waals surface area contributed by atoms with E-state index in [1.807, 2.05) is 0 Å². The van der Waals surface area contributed by atoms with E-state index in [-0.39, 0.29) is 6.10 Å². The first-order valence-electron chi connectivity index (χ1n) is 8.71. The van der Waals surface area contributed by atoms with Crippen molar-refractivity contribution in [1.82, 2.24) is 4.90 Å². The minimum absolute atomic E-state index is 0.0867. The first-order chi connectivity index (χ1) is 9.30. The van der Waals surface area contributed by atoms with Gasteiger partial charge in [-0.3, -0.25) is 4.90 Å². The van der Waals surface area contributed by atoms with Gasteiger partial charge in [-0.05, 0) is 57.4 Å². The Bertz CT molecular complexity index is 319. The average molecular weight is 281 g/mol. The van der Waals surface area contributed by atoms with Crippen LogP contribution in [0.1, 0.15) is 79.1 Å². The van der Waals surface area contributed by atoms with E-state index in [4.69, 9.17) is 0 Å². The van der Waals surface area contributed by atoms with Gasteiger partial charge in [0.05, 0.1) is 6.10 Å². The van der Waals surface area contributed by atoms with Gasteiger partial charge in [0.25, 0.3) is 0 Å². The van der Waals surface area contributed by atoms with Gasteiger partial charge >= 0.3 is 0 Å². The van der Waals surface area contributed by atoms with Crippen LogP contribution in [0.5, 0.6) is 0 Å². The molecule has 1 N–H and O–H groups in total. The second-order valence-electron chi connectivity index (χ2n) is 8.30. The molecule has 2 aliphatic rings. The summed E-state index contributed by atoms with van der Waals surface area (Å²) >= 11 is 0. The molecule has 0 bridgehead atoms. The molecule has 2 saturated carbocycles. The Kier molecular flexibility index (Phi) is 4.86. The molecule has 0 aromatic carbocycles. The second kappa shape index (κ2) is 5.96. The molecule has 3 unspecified atom stereocenters. The highest BCUT2D eigenvalue weighted by Crippen LogP contribution is 2.46. The molecule has 118 valence electrons. The van der Waals surface area contributed by atoms with Gasteiger partial charge in [0.1, 0.15) is 0 Å². The summed E-state index contributed by atoms with van der Waals surface area (Å²) in [6, 6.07) is 0.553. The van der Waals surface area contributed by atoms with Gasteiger partial charge in [0, 0.05) is 11.6 Å². The number of rotatable bonds is 4. The topological polar surface area (TPSA) is 23.5 Å². The Morgan fingerprint density at radius 2 is 1.80 bits per heavy atom. The Hall–Kier alpha value is -0.0800. The van der Waals surface area contributed by atoms with Crippen LogP contribution in [0.4, 0.5) is 0 Å². The molecule has 0 saturated heterocycles. The Morgan fingerprint density at radius 1 is 1.20 bits per heavy atom. The molecule has 2 fully saturated rings. The van der Waals surface area contributed by atoms with Gasteiger partial charge in [-0.25, -0.2) is 0 Å². The molecule has 20 heavy (non-hydrogen) atoms. The standard InChI is InChI=1S/C18H35NO/c1-6-17(2,3)15-10-9-14(20)13-16(15)19(5)18(4)11-7-8-12-18/h14-16,20H,6-13H2,1-5H3. The van der Waals surface area contributed by atoms with Crippen molar-refractivity contribution in [3.8, 4) is 0 Å². The molecule has 0 aromatic rings.